The third-order valence-electron chi connectivity index (χ3n) is 5.01. The third kappa shape index (κ3) is 5.36. The number of halogens is 2. The molecule has 0 unspecified atom stereocenters. The van der Waals surface area contributed by atoms with Crippen LogP contribution in [0, 0.1) is 11.2 Å². The van der Waals surface area contributed by atoms with Crippen LogP contribution in [0.4, 0.5) is 14.0 Å². The molecule has 0 saturated carbocycles. The minimum absolute atomic E-state index is 0.0241. The highest BCUT2D eigenvalue weighted by Crippen LogP contribution is 2.26. The molecule has 3 aromatic heterocycles. The van der Waals surface area contributed by atoms with Crippen molar-refractivity contribution in [2.45, 2.75) is 33.4 Å². The summed E-state index contributed by atoms with van der Waals surface area (Å²) in [4.78, 5) is 25.6. The monoisotopic (exact) mass is 517 g/mol. The Morgan fingerprint density at radius 3 is 2.69 bits per heavy atom. The van der Waals surface area contributed by atoms with E-state index >= 15 is 0 Å². The second-order valence-electron chi connectivity index (χ2n) is 7.21. The summed E-state index contributed by atoms with van der Waals surface area (Å²) in [5.41, 5.74) is 1.31. The van der Waals surface area contributed by atoms with Gasteiger partial charge < -0.3 is 20.2 Å². The molecule has 1 atom stereocenters. The summed E-state index contributed by atoms with van der Waals surface area (Å²) in [7, 11) is 1.60. The zero-order valence-electron chi connectivity index (χ0n) is 20.0. The predicted octanol–water partition coefficient (Wildman–Crippen LogP) is 4.41. The van der Waals surface area contributed by atoms with E-state index in [0.717, 1.165) is 3.97 Å². The molecule has 13 heteroatoms. The number of oxazole rings is 1. The Morgan fingerprint density at radius 2 is 2.06 bits per heavy atom. The van der Waals surface area contributed by atoms with E-state index < -0.39 is 17.8 Å². The minimum atomic E-state index is -0.656. The van der Waals surface area contributed by atoms with Gasteiger partial charge in [0.1, 0.15) is 35.0 Å². The number of carbonyl (C=O) groups is 1. The number of aliphatic hydroxyl groups excluding tert-OH is 1. The maximum Gasteiger partial charge on any atom is 0.255 e. The number of aromatic nitrogens is 4. The lowest BCUT2D eigenvalue weighted by Crippen LogP contribution is -2.27. The predicted molar refractivity (Wildman–Crippen MR) is 133 cm³/mol. The van der Waals surface area contributed by atoms with Crippen molar-refractivity contribution >= 4 is 40.8 Å². The lowest BCUT2D eigenvalue weighted by Gasteiger charge is -2.11. The summed E-state index contributed by atoms with van der Waals surface area (Å²) in [6.45, 7) is 5.33. The normalized spacial score (nSPS) is 11.5. The van der Waals surface area contributed by atoms with E-state index in [9.17, 15) is 13.1 Å². The van der Waals surface area contributed by atoms with Gasteiger partial charge in [0.2, 0.25) is 5.89 Å². The first kappa shape index (κ1) is 26.8. The van der Waals surface area contributed by atoms with Crippen LogP contribution in [0.25, 0.3) is 11.2 Å². The van der Waals surface area contributed by atoms with Crippen molar-refractivity contribution in [2.24, 2.45) is 0 Å². The molecule has 0 bridgehead atoms. The Kier molecular flexibility index (Phi) is 8.72. The zero-order chi connectivity index (χ0) is 26.4. The maximum atomic E-state index is 13.6. The largest absolute Gasteiger partial charge is 0.446 e. The van der Waals surface area contributed by atoms with Crippen LogP contribution in [0.2, 0.25) is 0 Å². The molecule has 36 heavy (non-hydrogen) atoms. The van der Waals surface area contributed by atoms with Crippen LogP contribution in [0.1, 0.15) is 60.0 Å². The van der Waals surface area contributed by atoms with Crippen LogP contribution in [-0.4, -0.2) is 42.7 Å². The van der Waals surface area contributed by atoms with E-state index in [1.165, 1.54) is 36.9 Å². The van der Waals surface area contributed by atoms with Crippen LogP contribution in [0.3, 0.4) is 0 Å². The van der Waals surface area contributed by atoms with Gasteiger partial charge in [0.05, 0.1) is 24.1 Å². The van der Waals surface area contributed by atoms with E-state index in [-0.39, 0.29) is 53.0 Å². The number of hydrogen-bond donors (Lipinski definition) is 4. The zero-order valence-corrected chi connectivity index (χ0v) is 20.8. The highest BCUT2D eigenvalue weighted by molar-refractivity contribution is 7.92. The van der Waals surface area contributed by atoms with Gasteiger partial charge in [-0.3, -0.25) is 10.2 Å². The van der Waals surface area contributed by atoms with Crippen molar-refractivity contribution in [3.8, 4) is 0 Å². The van der Waals surface area contributed by atoms with Crippen LogP contribution in [0.5, 0.6) is 0 Å². The Morgan fingerprint density at radius 1 is 1.31 bits per heavy atom. The second-order valence-corrected chi connectivity index (χ2v) is 7.74. The van der Waals surface area contributed by atoms with E-state index in [4.69, 9.17) is 14.9 Å². The second kappa shape index (κ2) is 11.7. The quantitative estimate of drug-likeness (QED) is 0.252. The molecule has 190 valence electrons. The Bertz CT molecular complexity index is 1390. The number of amides is 1. The van der Waals surface area contributed by atoms with Gasteiger partial charge in [-0.05, 0) is 25.1 Å². The van der Waals surface area contributed by atoms with Crippen molar-refractivity contribution in [3.63, 3.8) is 0 Å². The van der Waals surface area contributed by atoms with Gasteiger partial charge in [-0.2, -0.15) is 0 Å². The first-order valence-electron chi connectivity index (χ1n) is 11.0. The molecule has 3 heterocycles. The molecule has 1 amide bonds. The molecule has 0 spiro atoms. The molecule has 10 nitrogen and oxygen atoms in total. The van der Waals surface area contributed by atoms with Gasteiger partial charge in [-0.1, -0.05) is 13.8 Å². The number of nitrogens with one attached hydrogen (secondary N) is 3. The number of carbonyl (C=O) groups excluding carboxylic acids is 1. The van der Waals surface area contributed by atoms with E-state index in [2.05, 4.69) is 25.6 Å². The van der Waals surface area contributed by atoms with Crippen molar-refractivity contribution in [1.82, 2.24) is 24.2 Å². The SMILES string of the molecule is CC.CNc1cc(F)ccc1C(=N)c1cnc2c(n1)c(C(=O)N[C@H](C)c1nc(CO)co1)cn2SF. The number of anilines is 1. The summed E-state index contributed by atoms with van der Waals surface area (Å²) in [5, 5.41) is 23.2. The van der Waals surface area contributed by atoms with Crippen molar-refractivity contribution in [3.05, 3.63) is 71.1 Å². The fourth-order valence-corrected chi connectivity index (χ4v) is 3.66. The number of hydrogen-bond acceptors (Lipinski definition) is 9. The number of benzene rings is 1. The molecule has 0 fully saturated rings. The van der Waals surface area contributed by atoms with Gasteiger partial charge in [0.15, 0.2) is 18.0 Å². The average molecular weight is 518 g/mol. The molecular weight excluding hydrogens is 492 g/mol. The molecular formula is C23H25F2N7O3S. The number of fused-ring (bicyclic) bond motifs is 1. The maximum absolute atomic E-state index is 13.6. The Labute approximate surface area is 210 Å². The molecule has 4 rings (SSSR count). The molecule has 0 radical (unpaired) electrons. The molecule has 0 aliphatic heterocycles. The van der Waals surface area contributed by atoms with Crippen LogP contribution < -0.4 is 10.6 Å². The summed E-state index contributed by atoms with van der Waals surface area (Å²) >= 11 is -0.153. The first-order chi connectivity index (χ1) is 17.4. The first-order valence-corrected chi connectivity index (χ1v) is 11.6. The highest BCUT2D eigenvalue weighted by Gasteiger charge is 2.23. The van der Waals surface area contributed by atoms with E-state index in [0.29, 0.717) is 16.9 Å². The average Bonchev–Trinajstić information content (AvgIpc) is 3.54. The standard InChI is InChI=1S/C21H19F2N7O3S.C2H6/c1-10(21-28-12(8-31)9-33-21)27-20(32)14-7-30(34-23)19-18(14)29-16(6-26-19)17(24)13-4-3-11(22)5-15(13)25-2;1-2/h3-7,9-10,24-25,31H,8H2,1-2H3,(H,27,32);1-2H3/t10-;/m1./s1. The lowest BCUT2D eigenvalue weighted by atomic mass is 10.1. The lowest BCUT2D eigenvalue weighted by molar-refractivity contribution is 0.0935. The van der Waals surface area contributed by atoms with E-state index in [1.807, 2.05) is 13.8 Å². The van der Waals surface area contributed by atoms with Crippen molar-refractivity contribution in [1.29, 1.82) is 5.41 Å². The fourth-order valence-electron chi connectivity index (χ4n) is 3.31. The van der Waals surface area contributed by atoms with E-state index in [1.54, 1.807) is 14.0 Å². The number of rotatable bonds is 8. The minimum Gasteiger partial charge on any atom is -0.446 e. The van der Waals surface area contributed by atoms with Gasteiger partial charge >= 0.3 is 0 Å². The van der Waals surface area contributed by atoms with Gasteiger partial charge in [-0.25, -0.2) is 23.3 Å². The van der Waals surface area contributed by atoms with Crippen LogP contribution in [-0.2, 0) is 6.61 Å². The third-order valence-corrected chi connectivity index (χ3v) is 5.44. The van der Waals surface area contributed by atoms with Crippen LogP contribution >= 0.6 is 12.3 Å². The summed E-state index contributed by atoms with van der Waals surface area (Å²) in [6.07, 6.45) is 3.81. The fraction of sp³-hybridized carbons (Fsp3) is 0.261. The number of aliphatic hydroxyl groups is 1. The Balaban J connectivity index is 0.00000176. The van der Waals surface area contributed by atoms with Gasteiger partial charge in [0, 0.05) is 24.5 Å². The van der Waals surface area contributed by atoms with Gasteiger partial charge in [-0.15, -0.1) is 3.89 Å². The Hall–Kier alpha value is -3.84. The molecule has 4 aromatic rings. The van der Waals surface area contributed by atoms with Crippen molar-refractivity contribution < 1.29 is 22.6 Å². The molecule has 1 aromatic carbocycles. The van der Waals surface area contributed by atoms with Crippen LogP contribution in [0.15, 0.2) is 41.3 Å². The molecule has 0 aliphatic rings. The van der Waals surface area contributed by atoms with Crippen molar-refractivity contribution in [2.75, 3.05) is 12.4 Å². The smallest absolute Gasteiger partial charge is 0.255 e. The molecule has 0 saturated heterocycles. The topological polar surface area (TPSA) is 142 Å². The highest BCUT2D eigenvalue weighted by atomic mass is 32.2. The molecule has 4 N–H and O–H groups in total. The van der Waals surface area contributed by atoms with Gasteiger partial charge in [0.25, 0.3) is 5.91 Å². The summed E-state index contributed by atoms with van der Waals surface area (Å²) < 4.78 is 33.4. The number of nitrogens with zero attached hydrogens (tertiary/aromatic N) is 4. The molecule has 0 aliphatic carbocycles. The summed E-state index contributed by atoms with van der Waals surface area (Å²) in [6, 6.07) is 3.25. The summed E-state index contributed by atoms with van der Waals surface area (Å²) in [5.74, 6) is -0.875.